The van der Waals surface area contributed by atoms with Crippen LogP contribution in [0.25, 0.3) is 0 Å². The second kappa shape index (κ2) is 5.70. The van der Waals surface area contributed by atoms with Gasteiger partial charge < -0.3 is 20.7 Å². The van der Waals surface area contributed by atoms with Gasteiger partial charge in [-0.15, -0.1) is 0 Å². The molecule has 1 aromatic carbocycles. The number of methoxy groups -OCH3 is 1. The number of rotatable bonds is 1. The van der Waals surface area contributed by atoms with E-state index >= 15 is 0 Å². The van der Waals surface area contributed by atoms with E-state index in [-0.39, 0.29) is 0 Å². The van der Waals surface area contributed by atoms with Gasteiger partial charge in [0.1, 0.15) is 5.75 Å². The molecule has 0 aliphatic carbocycles. The molecule has 0 heterocycles. The molecule has 0 aliphatic rings. The molecule has 0 unspecified atom stereocenters. The molecule has 1 rings (SSSR count). The Labute approximate surface area is 75.4 Å². The molecular weight excluding hydrogens is 174 g/mol. The van der Waals surface area contributed by atoms with Crippen molar-refractivity contribution < 1.29 is 19.7 Å². The van der Waals surface area contributed by atoms with E-state index in [9.17, 15) is 0 Å². The third-order valence-corrected chi connectivity index (χ3v) is 1.14. The summed E-state index contributed by atoms with van der Waals surface area (Å²) in [4.78, 5) is 8.56. The molecule has 5 heteroatoms. The SMILES string of the molecule is COc1ccccc1N.O=C(O)O. The minimum absolute atomic E-state index is 0.681. The predicted octanol–water partition coefficient (Wildman–Crippen LogP) is 1.50. The molecule has 0 saturated heterocycles. The highest BCUT2D eigenvalue weighted by molar-refractivity contribution is 5.53. The van der Waals surface area contributed by atoms with E-state index in [1.165, 1.54) is 0 Å². The van der Waals surface area contributed by atoms with Crippen LogP contribution < -0.4 is 10.5 Å². The minimum Gasteiger partial charge on any atom is -0.495 e. The number of carboxylic acid groups (broad SMARTS) is 2. The van der Waals surface area contributed by atoms with Crippen LogP contribution in [-0.2, 0) is 0 Å². The lowest BCUT2D eigenvalue weighted by molar-refractivity contribution is 0.137. The number of anilines is 1. The lowest BCUT2D eigenvalue weighted by atomic mass is 10.3. The largest absolute Gasteiger partial charge is 0.503 e. The zero-order valence-corrected chi connectivity index (χ0v) is 7.10. The van der Waals surface area contributed by atoms with Gasteiger partial charge in [-0.1, -0.05) is 12.1 Å². The van der Waals surface area contributed by atoms with Crippen molar-refractivity contribution in [1.29, 1.82) is 0 Å². The molecule has 0 atom stereocenters. The van der Waals surface area contributed by atoms with Crippen LogP contribution in [0, 0.1) is 0 Å². The number of benzene rings is 1. The van der Waals surface area contributed by atoms with E-state index in [1.54, 1.807) is 13.2 Å². The average molecular weight is 185 g/mol. The Morgan fingerprint density at radius 1 is 1.38 bits per heavy atom. The summed E-state index contributed by atoms with van der Waals surface area (Å²) in [6.45, 7) is 0. The maximum absolute atomic E-state index is 8.56. The molecule has 72 valence electrons. The van der Waals surface area contributed by atoms with E-state index in [0.29, 0.717) is 5.69 Å². The van der Waals surface area contributed by atoms with Gasteiger partial charge in [0.25, 0.3) is 0 Å². The standard InChI is InChI=1S/C7H9NO.CH2O3/c1-9-7-5-3-2-4-6(7)8;2-1(3)4/h2-5H,8H2,1H3;(H2,2,3,4). The first-order valence-corrected chi connectivity index (χ1v) is 3.38. The minimum atomic E-state index is -1.83. The fourth-order valence-electron chi connectivity index (χ4n) is 0.666. The van der Waals surface area contributed by atoms with Gasteiger partial charge in [0.05, 0.1) is 12.8 Å². The van der Waals surface area contributed by atoms with Crippen LogP contribution in [0.3, 0.4) is 0 Å². The van der Waals surface area contributed by atoms with E-state index in [4.69, 9.17) is 25.5 Å². The fraction of sp³-hybridized carbons (Fsp3) is 0.125. The number of carbonyl (C=O) groups is 1. The maximum Gasteiger partial charge on any atom is 0.503 e. The van der Waals surface area contributed by atoms with Crippen LogP contribution >= 0.6 is 0 Å². The summed E-state index contributed by atoms with van der Waals surface area (Å²) in [6, 6.07) is 7.39. The Morgan fingerprint density at radius 3 is 2.15 bits per heavy atom. The lowest BCUT2D eigenvalue weighted by Crippen LogP contribution is -1.89. The van der Waals surface area contributed by atoms with Crippen LogP contribution in [0.15, 0.2) is 24.3 Å². The third kappa shape index (κ3) is 5.37. The van der Waals surface area contributed by atoms with Crippen LogP contribution in [0.5, 0.6) is 5.75 Å². The van der Waals surface area contributed by atoms with Crippen LogP contribution in [0.2, 0.25) is 0 Å². The number of hydrogen-bond acceptors (Lipinski definition) is 3. The second-order valence-corrected chi connectivity index (χ2v) is 2.02. The Morgan fingerprint density at radius 2 is 1.85 bits per heavy atom. The average Bonchev–Trinajstić information content (AvgIpc) is 2.04. The molecule has 0 spiro atoms. The van der Waals surface area contributed by atoms with Crippen molar-refractivity contribution in [3.05, 3.63) is 24.3 Å². The van der Waals surface area contributed by atoms with Gasteiger partial charge in [-0.05, 0) is 12.1 Å². The molecule has 0 radical (unpaired) electrons. The zero-order chi connectivity index (χ0) is 10.3. The summed E-state index contributed by atoms with van der Waals surface area (Å²) < 4.78 is 4.92. The van der Waals surface area contributed by atoms with Crippen molar-refractivity contribution in [2.75, 3.05) is 12.8 Å². The topological polar surface area (TPSA) is 92.8 Å². The van der Waals surface area contributed by atoms with E-state index in [2.05, 4.69) is 0 Å². The first-order valence-electron chi connectivity index (χ1n) is 3.38. The van der Waals surface area contributed by atoms with Gasteiger partial charge in [-0.3, -0.25) is 0 Å². The van der Waals surface area contributed by atoms with Crippen molar-refractivity contribution in [3.63, 3.8) is 0 Å². The predicted molar refractivity (Wildman–Crippen MR) is 48.1 cm³/mol. The lowest BCUT2D eigenvalue weighted by Gasteiger charge is -2.00. The van der Waals surface area contributed by atoms with Crippen molar-refractivity contribution >= 4 is 11.8 Å². The second-order valence-electron chi connectivity index (χ2n) is 2.02. The first-order chi connectivity index (χ1) is 6.07. The number of para-hydroxylation sites is 2. The van der Waals surface area contributed by atoms with Gasteiger partial charge in [0.2, 0.25) is 0 Å². The molecule has 0 aromatic heterocycles. The van der Waals surface area contributed by atoms with Crippen LogP contribution in [0.1, 0.15) is 0 Å². The van der Waals surface area contributed by atoms with Gasteiger partial charge in [-0.2, -0.15) is 0 Å². The smallest absolute Gasteiger partial charge is 0.495 e. The summed E-state index contributed by atoms with van der Waals surface area (Å²) in [5.74, 6) is 0.734. The number of nitrogen functional groups attached to an aromatic ring is 1. The Balaban J connectivity index is 0.000000310. The Hall–Kier alpha value is -1.91. The van der Waals surface area contributed by atoms with Gasteiger partial charge >= 0.3 is 6.16 Å². The molecule has 4 N–H and O–H groups in total. The molecule has 0 saturated carbocycles. The normalized spacial score (nSPS) is 8.08. The van der Waals surface area contributed by atoms with Crippen LogP contribution in [-0.4, -0.2) is 23.5 Å². The van der Waals surface area contributed by atoms with E-state index in [1.807, 2.05) is 18.2 Å². The quantitative estimate of drug-likeness (QED) is 0.576. The first kappa shape index (κ1) is 11.1. The summed E-state index contributed by atoms with van der Waals surface area (Å²) in [5.41, 5.74) is 6.19. The highest BCUT2D eigenvalue weighted by atomic mass is 16.6. The summed E-state index contributed by atoms with van der Waals surface area (Å²) in [6.07, 6.45) is -1.83. The van der Waals surface area contributed by atoms with Crippen molar-refractivity contribution in [2.45, 2.75) is 0 Å². The van der Waals surface area contributed by atoms with Crippen LogP contribution in [0.4, 0.5) is 10.5 Å². The Kier molecular flexibility index (Phi) is 4.87. The number of nitrogens with two attached hydrogens (primary N) is 1. The van der Waals surface area contributed by atoms with Crippen molar-refractivity contribution in [2.24, 2.45) is 0 Å². The zero-order valence-electron chi connectivity index (χ0n) is 7.10. The molecule has 0 amide bonds. The third-order valence-electron chi connectivity index (χ3n) is 1.14. The summed E-state index contributed by atoms with van der Waals surface area (Å²) in [5, 5.41) is 13.9. The van der Waals surface area contributed by atoms with Gasteiger partial charge in [-0.25, -0.2) is 4.79 Å². The molecule has 5 nitrogen and oxygen atoms in total. The molecule has 0 aliphatic heterocycles. The highest BCUT2D eigenvalue weighted by Gasteiger charge is 1.91. The maximum atomic E-state index is 8.56. The molecule has 0 bridgehead atoms. The molecule has 13 heavy (non-hydrogen) atoms. The number of ether oxygens (including phenoxy) is 1. The molecule has 0 fully saturated rings. The van der Waals surface area contributed by atoms with E-state index in [0.717, 1.165) is 5.75 Å². The highest BCUT2D eigenvalue weighted by Crippen LogP contribution is 2.18. The molecular formula is C8H11NO4. The molecule has 1 aromatic rings. The van der Waals surface area contributed by atoms with Crippen molar-refractivity contribution in [1.82, 2.24) is 0 Å². The monoisotopic (exact) mass is 185 g/mol. The van der Waals surface area contributed by atoms with Gasteiger partial charge in [0.15, 0.2) is 0 Å². The van der Waals surface area contributed by atoms with Gasteiger partial charge in [0, 0.05) is 0 Å². The fourth-order valence-corrected chi connectivity index (χ4v) is 0.666. The number of hydrogen-bond donors (Lipinski definition) is 3. The Bertz CT molecular complexity index is 271. The summed E-state index contributed by atoms with van der Waals surface area (Å²) >= 11 is 0. The summed E-state index contributed by atoms with van der Waals surface area (Å²) in [7, 11) is 1.60. The van der Waals surface area contributed by atoms with Crippen molar-refractivity contribution in [3.8, 4) is 5.75 Å². The van der Waals surface area contributed by atoms with E-state index < -0.39 is 6.16 Å².